The van der Waals surface area contributed by atoms with E-state index < -0.39 is 5.97 Å². The number of halogens is 1. The van der Waals surface area contributed by atoms with Crippen molar-refractivity contribution < 1.29 is 14.7 Å². The molecule has 5 nitrogen and oxygen atoms in total. The molecule has 0 radical (unpaired) electrons. The van der Waals surface area contributed by atoms with Gasteiger partial charge in [0.2, 0.25) is 5.91 Å². The van der Waals surface area contributed by atoms with Crippen LogP contribution in [-0.2, 0) is 9.59 Å². The Bertz CT molecular complexity index is 535. The maximum atomic E-state index is 12.6. The predicted molar refractivity (Wildman–Crippen MR) is 81.7 cm³/mol. The molecule has 21 heavy (non-hydrogen) atoms. The summed E-state index contributed by atoms with van der Waals surface area (Å²) in [6.07, 6.45) is 1.45. The van der Waals surface area contributed by atoms with Gasteiger partial charge < -0.3 is 10.0 Å². The molecule has 1 unspecified atom stereocenters. The SMILES string of the molecule is CCCN(CC(=O)O)C1CCN(c2cccc(Cl)c2)C1=O. The average molecular weight is 311 g/mol. The fourth-order valence-corrected chi connectivity index (χ4v) is 2.89. The van der Waals surface area contributed by atoms with Crippen LogP contribution in [0, 0.1) is 0 Å². The fourth-order valence-electron chi connectivity index (χ4n) is 2.71. The third-order valence-corrected chi connectivity index (χ3v) is 3.82. The summed E-state index contributed by atoms with van der Waals surface area (Å²) in [7, 11) is 0. The Morgan fingerprint density at radius 3 is 2.90 bits per heavy atom. The molecule has 0 saturated carbocycles. The normalized spacial score (nSPS) is 18.5. The van der Waals surface area contributed by atoms with Gasteiger partial charge in [0, 0.05) is 17.3 Å². The fraction of sp³-hybridized carbons (Fsp3) is 0.467. The van der Waals surface area contributed by atoms with Crippen molar-refractivity contribution in [1.82, 2.24) is 4.90 Å². The van der Waals surface area contributed by atoms with Gasteiger partial charge in [-0.25, -0.2) is 0 Å². The van der Waals surface area contributed by atoms with Crippen LogP contribution in [0.1, 0.15) is 19.8 Å². The van der Waals surface area contributed by atoms with Crippen LogP contribution in [-0.4, -0.2) is 47.6 Å². The average Bonchev–Trinajstić information content (AvgIpc) is 2.79. The number of benzene rings is 1. The summed E-state index contributed by atoms with van der Waals surface area (Å²) in [4.78, 5) is 27.0. The van der Waals surface area contributed by atoms with Crippen molar-refractivity contribution in [3.8, 4) is 0 Å². The number of carboxylic acid groups (broad SMARTS) is 1. The number of rotatable bonds is 6. The first-order chi connectivity index (χ1) is 10.0. The summed E-state index contributed by atoms with van der Waals surface area (Å²) in [5, 5.41) is 9.58. The Morgan fingerprint density at radius 2 is 2.29 bits per heavy atom. The maximum absolute atomic E-state index is 12.6. The minimum atomic E-state index is -0.905. The zero-order valence-corrected chi connectivity index (χ0v) is 12.7. The zero-order valence-electron chi connectivity index (χ0n) is 12.0. The van der Waals surface area contributed by atoms with E-state index in [0.29, 0.717) is 24.5 Å². The third-order valence-electron chi connectivity index (χ3n) is 3.59. The highest BCUT2D eigenvalue weighted by Crippen LogP contribution is 2.26. The van der Waals surface area contributed by atoms with Gasteiger partial charge in [-0.15, -0.1) is 0 Å². The topological polar surface area (TPSA) is 60.9 Å². The molecule has 0 bridgehead atoms. The van der Waals surface area contributed by atoms with Crippen LogP contribution in [0.2, 0.25) is 5.02 Å². The van der Waals surface area contributed by atoms with Gasteiger partial charge in [0.05, 0.1) is 12.6 Å². The summed E-state index contributed by atoms with van der Waals surface area (Å²) in [5.41, 5.74) is 0.766. The molecule has 2 rings (SSSR count). The summed E-state index contributed by atoms with van der Waals surface area (Å²) < 4.78 is 0. The summed E-state index contributed by atoms with van der Waals surface area (Å²) in [5.74, 6) is -0.954. The maximum Gasteiger partial charge on any atom is 0.317 e. The monoisotopic (exact) mass is 310 g/mol. The first-order valence-corrected chi connectivity index (χ1v) is 7.43. The lowest BCUT2D eigenvalue weighted by Crippen LogP contribution is -2.44. The molecule has 1 saturated heterocycles. The molecule has 1 aliphatic rings. The van der Waals surface area contributed by atoms with Gasteiger partial charge in [-0.05, 0) is 37.6 Å². The minimum absolute atomic E-state index is 0.0491. The van der Waals surface area contributed by atoms with Crippen LogP contribution in [0.25, 0.3) is 0 Å². The first-order valence-electron chi connectivity index (χ1n) is 7.05. The van der Waals surface area contributed by atoms with E-state index in [-0.39, 0.29) is 18.5 Å². The van der Waals surface area contributed by atoms with Gasteiger partial charge in [-0.3, -0.25) is 14.5 Å². The van der Waals surface area contributed by atoms with Crippen LogP contribution >= 0.6 is 11.6 Å². The number of aliphatic carboxylic acids is 1. The van der Waals surface area contributed by atoms with E-state index in [9.17, 15) is 9.59 Å². The van der Waals surface area contributed by atoms with Crippen molar-refractivity contribution in [1.29, 1.82) is 0 Å². The molecule has 1 N–H and O–H groups in total. The molecule has 0 aromatic heterocycles. The van der Waals surface area contributed by atoms with Crippen molar-refractivity contribution in [3.63, 3.8) is 0 Å². The van der Waals surface area contributed by atoms with E-state index in [2.05, 4.69) is 0 Å². The van der Waals surface area contributed by atoms with Crippen molar-refractivity contribution >= 4 is 29.2 Å². The number of carboxylic acids is 1. The van der Waals surface area contributed by atoms with E-state index in [1.165, 1.54) is 0 Å². The zero-order chi connectivity index (χ0) is 15.4. The summed E-state index contributed by atoms with van der Waals surface area (Å²) >= 11 is 5.96. The lowest BCUT2D eigenvalue weighted by atomic mass is 10.2. The van der Waals surface area contributed by atoms with E-state index in [0.717, 1.165) is 12.1 Å². The number of anilines is 1. The number of nitrogens with zero attached hydrogens (tertiary/aromatic N) is 2. The Morgan fingerprint density at radius 1 is 1.52 bits per heavy atom. The molecule has 114 valence electrons. The quantitative estimate of drug-likeness (QED) is 0.875. The highest BCUT2D eigenvalue weighted by atomic mass is 35.5. The molecular weight excluding hydrogens is 292 g/mol. The van der Waals surface area contributed by atoms with Crippen molar-refractivity contribution in [2.75, 3.05) is 24.5 Å². The summed E-state index contributed by atoms with van der Waals surface area (Å²) in [6.45, 7) is 3.06. The number of carbonyl (C=O) groups is 2. The molecule has 1 fully saturated rings. The van der Waals surface area contributed by atoms with E-state index in [1.54, 1.807) is 28.0 Å². The molecule has 1 aromatic rings. The van der Waals surface area contributed by atoms with Crippen molar-refractivity contribution in [2.24, 2.45) is 0 Å². The van der Waals surface area contributed by atoms with Gasteiger partial charge in [0.15, 0.2) is 0 Å². The highest BCUT2D eigenvalue weighted by Gasteiger charge is 2.37. The number of hydrogen-bond acceptors (Lipinski definition) is 3. The molecule has 1 amide bonds. The van der Waals surface area contributed by atoms with E-state index in [1.807, 2.05) is 13.0 Å². The van der Waals surface area contributed by atoms with Crippen LogP contribution in [0.15, 0.2) is 24.3 Å². The molecule has 0 aliphatic carbocycles. The number of carbonyl (C=O) groups excluding carboxylic acids is 1. The Balaban J connectivity index is 2.14. The van der Waals surface area contributed by atoms with E-state index in [4.69, 9.17) is 16.7 Å². The number of hydrogen-bond donors (Lipinski definition) is 1. The van der Waals surface area contributed by atoms with Gasteiger partial charge in [0.1, 0.15) is 0 Å². The van der Waals surface area contributed by atoms with Gasteiger partial charge >= 0.3 is 5.97 Å². The third kappa shape index (κ3) is 3.74. The van der Waals surface area contributed by atoms with Crippen LogP contribution in [0.3, 0.4) is 0 Å². The Kier molecular flexibility index (Phi) is 5.20. The second-order valence-corrected chi connectivity index (χ2v) is 5.57. The van der Waals surface area contributed by atoms with Crippen molar-refractivity contribution in [2.45, 2.75) is 25.8 Å². The lowest BCUT2D eigenvalue weighted by Gasteiger charge is -2.25. The van der Waals surface area contributed by atoms with E-state index >= 15 is 0 Å². The molecule has 1 aliphatic heterocycles. The molecule has 1 heterocycles. The first kappa shape index (κ1) is 15.8. The van der Waals surface area contributed by atoms with Crippen LogP contribution < -0.4 is 4.90 Å². The highest BCUT2D eigenvalue weighted by molar-refractivity contribution is 6.31. The molecular formula is C15H19ClN2O3. The second-order valence-electron chi connectivity index (χ2n) is 5.14. The van der Waals surface area contributed by atoms with Crippen molar-refractivity contribution in [3.05, 3.63) is 29.3 Å². The summed E-state index contributed by atoms with van der Waals surface area (Å²) in [6, 6.07) is 6.80. The Hall–Kier alpha value is -1.59. The van der Waals surface area contributed by atoms with Crippen LogP contribution in [0.4, 0.5) is 5.69 Å². The predicted octanol–water partition coefficient (Wildman–Crippen LogP) is 2.24. The number of amides is 1. The van der Waals surface area contributed by atoms with Crippen LogP contribution in [0.5, 0.6) is 0 Å². The minimum Gasteiger partial charge on any atom is -0.480 e. The largest absolute Gasteiger partial charge is 0.480 e. The molecule has 1 aromatic carbocycles. The second kappa shape index (κ2) is 6.91. The molecule has 0 spiro atoms. The Labute approximate surface area is 129 Å². The molecule has 6 heteroatoms. The smallest absolute Gasteiger partial charge is 0.317 e. The van der Waals surface area contributed by atoms with Gasteiger partial charge in [0.25, 0.3) is 0 Å². The van der Waals surface area contributed by atoms with Gasteiger partial charge in [-0.1, -0.05) is 24.6 Å². The van der Waals surface area contributed by atoms with Gasteiger partial charge in [-0.2, -0.15) is 0 Å². The lowest BCUT2D eigenvalue weighted by molar-refractivity contribution is -0.139. The standard InChI is InChI=1S/C15H19ClN2O3/c1-2-7-17(10-14(19)20)13-6-8-18(15(13)21)12-5-3-4-11(16)9-12/h3-5,9,13H,2,6-8,10H2,1H3,(H,19,20). The molecule has 1 atom stereocenters.